The molecule has 0 N–H and O–H groups in total. The maximum absolute atomic E-state index is 12.3. The average Bonchev–Trinajstić information content (AvgIpc) is 3.07. The number of unbranched alkanes of at least 4 members (excludes halogenated alkanes) is 5. The van der Waals surface area contributed by atoms with E-state index in [0.717, 1.165) is 41.0 Å². The van der Waals surface area contributed by atoms with Crippen molar-refractivity contribution in [2.75, 3.05) is 0 Å². The van der Waals surface area contributed by atoms with E-state index in [1.807, 2.05) is 31.2 Å². The minimum atomic E-state index is -0.253. The molecule has 0 radical (unpaired) electrons. The molecule has 0 unspecified atom stereocenters. The van der Waals surface area contributed by atoms with Crippen molar-refractivity contribution in [2.24, 2.45) is 0 Å². The van der Waals surface area contributed by atoms with Crippen LogP contribution in [0.2, 0.25) is 0 Å². The predicted molar refractivity (Wildman–Crippen MR) is 104 cm³/mol. The van der Waals surface area contributed by atoms with Gasteiger partial charge in [0, 0.05) is 16.7 Å². The highest BCUT2D eigenvalue weighted by atomic mass is 16.6. The van der Waals surface area contributed by atoms with Gasteiger partial charge < -0.3 is 14.2 Å². The minimum absolute atomic E-state index is 0.253. The van der Waals surface area contributed by atoms with Crippen molar-refractivity contribution in [1.82, 2.24) is 0 Å². The maximum atomic E-state index is 12.3. The summed E-state index contributed by atoms with van der Waals surface area (Å²) in [7, 11) is 0. The Balaban J connectivity index is 1.65. The van der Waals surface area contributed by atoms with Crippen molar-refractivity contribution in [2.45, 2.75) is 65.4 Å². The largest absolute Gasteiger partial charge is 0.457 e. The van der Waals surface area contributed by atoms with E-state index in [0.29, 0.717) is 23.7 Å². The Kier molecular flexibility index (Phi) is 5.06. The third kappa shape index (κ3) is 3.29. The van der Waals surface area contributed by atoms with Crippen molar-refractivity contribution in [3.63, 3.8) is 0 Å². The third-order valence-corrected chi connectivity index (χ3v) is 5.47. The molecule has 0 saturated carbocycles. The van der Waals surface area contributed by atoms with Crippen LogP contribution in [0, 0.1) is 6.92 Å². The van der Waals surface area contributed by atoms with E-state index in [4.69, 9.17) is 14.2 Å². The van der Waals surface area contributed by atoms with Crippen LogP contribution in [0.4, 0.5) is 0 Å². The molecule has 0 amide bonds. The summed E-state index contributed by atoms with van der Waals surface area (Å²) in [5.74, 6) is 2.57. The van der Waals surface area contributed by atoms with Crippen LogP contribution in [-0.2, 0) is 17.8 Å². The molecule has 27 heavy (non-hydrogen) atoms. The van der Waals surface area contributed by atoms with Crippen molar-refractivity contribution >= 4 is 5.97 Å². The van der Waals surface area contributed by atoms with Crippen molar-refractivity contribution < 1.29 is 19.0 Å². The summed E-state index contributed by atoms with van der Waals surface area (Å²) < 4.78 is 17.8. The molecule has 2 aliphatic heterocycles. The zero-order valence-electron chi connectivity index (χ0n) is 16.1. The molecule has 2 aromatic carbocycles. The second-order valence-electron chi connectivity index (χ2n) is 7.36. The number of cyclic esters (lactones) is 1. The Labute approximate surface area is 160 Å². The lowest BCUT2D eigenvalue weighted by Gasteiger charge is -2.26. The summed E-state index contributed by atoms with van der Waals surface area (Å²) in [4.78, 5) is 12.3. The first kappa shape index (κ1) is 17.9. The molecule has 0 bridgehead atoms. The van der Waals surface area contributed by atoms with Gasteiger partial charge in [0.1, 0.15) is 6.61 Å². The Hall–Kier alpha value is -2.49. The van der Waals surface area contributed by atoms with Crippen LogP contribution in [0.25, 0.3) is 0 Å². The number of carbonyl (C=O) groups excluding carboxylic acids is 1. The normalized spacial score (nSPS) is 13.9. The molecule has 0 saturated heterocycles. The molecule has 142 valence electrons. The maximum Gasteiger partial charge on any atom is 0.339 e. The molecular formula is C23H26O4. The lowest BCUT2D eigenvalue weighted by Crippen LogP contribution is -2.09. The van der Waals surface area contributed by atoms with Crippen LogP contribution in [0.1, 0.15) is 72.5 Å². The average molecular weight is 366 g/mol. The molecule has 0 aliphatic carbocycles. The lowest BCUT2D eigenvalue weighted by atomic mass is 9.92. The topological polar surface area (TPSA) is 44.8 Å². The molecule has 0 spiro atoms. The molecular weight excluding hydrogens is 340 g/mol. The van der Waals surface area contributed by atoms with Gasteiger partial charge in [0.05, 0.1) is 5.56 Å². The first-order valence-corrected chi connectivity index (χ1v) is 10.0. The van der Waals surface area contributed by atoms with E-state index in [2.05, 4.69) is 6.92 Å². The van der Waals surface area contributed by atoms with Gasteiger partial charge in [-0.1, -0.05) is 51.2 Å². The quantitative estimate of drug-likeness (QED) is 0.355. The van der Waals surface area contributed by atoms with Crippen LogP contribution in [0.15, 0.2) is 24.3 Å². The van der Waals surface area contributed by atoms with Gasteiger partial charge >= 0.3 is 5.97 Å². The summed E-state index contributed by atoms with van der Waals surface area (Å²) in [6.07, 6.45) is 8.22. The molecule has 4 rings (SSSR count). The minimum Gasteiger partial charge on any atom is -0.457 e. The fraction of sp³-hybridized carbons (Fsp3) is 0.435. The predicted octanol–water partition coefficient (Wildman–Crippen LogP) is 6.47. The van der Waals surface area contributed by atoms with Crippen molar-refractivity contribution in [1.29, 1.82) is 0 Å². The SMILES string of the molecule is CCCCCCCCc1c2c(c(C)c3c1Oc1ccccc1O3)C(=O)OC2. The smallest absolute Gasteiger partial charge is 0.339 e. The van der Waals surface area contributed by atoms with Gasteiger partial charge in [0.2, 0.25) is 0 Å². The van der Waals surface area contributed by atoms with Crippen LogP contribution in [0.3, 0.4) is 0 Å². The summed E-state index contributed by atoms with van der Waals surface area (Å²) in [5, 5.41) is 0. The van der Waals surface area contributed by atoms with E-state index in [9.17, 15) is 4.79 Å². The molecule has 2 aromatic rings. The van der Waals surface area contributed by atoms with E-state index in [-0.39, 0.29) is 5.97 Å². The summed E-state index contributed by atoms with van der Waals surface area (Å²) >= 11 is 0. The van der Waals surface area contributed by atoms with Crippen molar-refractivity contribution in [3.05, 3.63) is 46.5 Å². The van der Waals surface area contributed by atoms with Crippen molar-refractivity contribution in [3.8, 4) is 23.0 Å². The van der Waals surface area contributed by atoms with Crippen LogP contribution < -0.4 is 9.47 Å². The van der Waals surface area contributed by atoms with Crippen LogP contribution in [-0.4, -0.2) is 5.97 Å². The molecule has 0 aromatic heterocycles. The zero-order chi connectivity index (χ0) is 18.8. The highest BCUT2D eigenvalue weighted by Gasteiger charge is 2.35. The highest BCUT2D eigenvalue weighted by molar-refractivity contribution is 5.97. The van der Waals surface area contributed by atoms with Gasteiger partial charge in [-0.2, -0.15) is 0 Å². The van der Waals surface area contributed by atoms with Gasteiger partial charge in [-0.25, -0.2) is 4.79 Å². The number of hydrogen-bond acceptors (Lipinski definition) is 4. The monoisotopic (exact) mass is 366 g/mol. The number of esters is 1. The Morgan fingerprint density at radius 2 is 1.59 bits per heavy atom. The number of rotatable bonds is 7. The number of para-hydroxylation sites is 2. The van der Waals surface area contributed by atoms with E-state index >= 15 is 0 Å². The lowest BCUT2D eigenvalue weighted by molar-refractivity contribution is 0.0534. The zero-order valence-corrected chi connectivity index (χ0v) is 16.1. The number of carbonyl (C=O) groups is 1. The molecule has 4 heteroatoms. The molecule has 0 atom stereocenters. The molecule has 2 aliphatic rings. The summed E-state index contributed by atoms with van der Waals surface area (Å²) in [6, 6.07) is 7.66. The van der Waals surface area contributed by atoms with E-state index in [1.54, 1.807) is 0 Å². The molecule has 0 fully saturated rings. The summed E-state index contributed by atoms with van der Waals surface area (Å²) in [5.41, 5.74) is 3.52. The second kappa shape index (κ2) is 7.63. The van der Waals surface area contributed by atoms with Crippen LogP contribution in [0.5, 0.6) is 23.0 Å². The highest BCUT2D eigenvalue weighted by Crippen LogP contribution is 2.52. The van der Waals surface area contributed by atoms with E-state index < -0.39 is 0 Å². The standard InChI is InChI=1S/C23H26O4/c1-3-4-5-6-7-8-11-16-17-14-25-23(24)20(17)15(2)21-22(16)27-19-13-10-9-12-18(19)26-21/h9-10,12-13H,3-8,11,14H2,1-2H3. The summed E-state index contributed by atoms with van der Waals surface area (Å²) in [6.45, 7) is 4.47. The fourth-order valence-electron chi connectivity index (χ4n) is 4.00. The fourth-order valence-corrected chi connectivity index (χ4v) is 4.00. The van der Waals surface area contributed by atoms with E-state index in [1.165, 1.54) is 32.1 Å². The molecule has 4 nitrogen and oxygen atoms in total. The number of fused-ring (bicyclic) bond motifs is 3. The Bertz CT molecular complexity index is 869. The number of hydrogen-bond donors (Lipinski definition) is 0. The van der Waals surface area contributed by atoms with Gasteiger partial charge in [-0.15, -0.1) is 0 Å². The van der Waals surface area contributed by atoms with Gasteiger partial charge in [-0.3, -0.25) is 0 Å². The van der Waals surface area contributed by atoms with Crippen LogP contribution >= 0.6 is 0 Å². The van der Waals surface area contributed by atoms with Gasteiger partial charge in [-0.05, 0) is 31.9 Å². The first-order valence-electron chi connectivity index (χ1n) is 10.0. The number of benzene rings is 2. The van der Waals surface area contributed by atoms with Gasteiger partial charge in [0.15, 0.2) is 23.0 Å². The number of ether oxygens (including phenoxy) is 3. The third-order valence-electron chi connectivity index (χ3n) is 5.47. The first-order chi connectivity index (χ1) is 13.2. The van der Waals surface area contributed by atoms with Gasteiger partial charge in [0.25, 0.3) is 0 Å². The molecule has 2 heterocycles. The Morgan fingerprint density at radius 1 is 0.926 bits per heavy atom. The second-order valence-corrected chi connectivity index (χ2v) is 7.36. The Morgan fingerprint density at radius 3 is 2.33 bits per heavy atom.